The molecule has 0 aliphatic rings. The van der Waals surface area contributed by atoms with Crippen molar-refractivity contribution in [2.24, 2.45) is 10.9 Å². The fourth-order valence-electron chi connectivity index (χ4n) is 2.27. The highest BCUT2D eigenvalue weighted by Crippen LogP contribution is 2.11. The van der Waals surface area contributed by atoms with E-state index in [1.54, 1.807) is 20.2 Å². The first-order valence-electron chi connectivity index (χ1n) is 8.19. The number of guanidine groups is 1. The van der Waals surface area contributed by atoms with Gasteiger partial charge in [0.2, 0.25) is 0 Å². The van der Waals surface area contributed by atoms with Gasteiger partial charge in [-0.05, 0) is 43.4 Å². The van der Waals surface area contributed by atoms with Gasteiger partial charge in [0.25, 0.3) is 0 Å². The van der Waals surface area contributed by atoms with E-state index in [-0.39, 0.29) is 12.4 Å². The Balaban J connectivity index is 2.53. The van der Waals surface area contributed by atoms with E-state index in [0.717, 1.165) is 17.9 Å². The number of benzene rings is 1. The number of nitrogens with zero attached hydrogens (tertiary/aromatic N) is 1. The van der Waals surface area contributed by atoms with Crippen molar-refractivity contribution < 1.29 is 9.13 Å². The van der Waals surface area contributed by atoms with Crippen LogP contribution in [0.4, 0.5) is 4.39 Å². The number of hydrogen-bond acceptors (Lipinski definition) is 2. The molecule has 0 fully saturated rings. The highest BCUT2D eigenvalue weighted by Gasteiger charge is 2.07. The van der Waals surface area contributed by atoms with Crippen molar-refractivity contribution >= 4 is 5.96 Å². The van der Waals surface area contributed by atoms with Crippen LogP contribution in [0.15, 0.2) is 23.2 Å². The number of methoxy groups -OCH3 is 1. The Bertz CT molecular complexity index is 503. The SMILES string of the molecule is CN=C(NCc1ccc(F)c(COC)c1)NC(C)CCC(C)C. The van der Waals surface area contributed by atoms with Crippen molar-refractivity contribution in [3.8, 4) is 0 Å². The molecule has 1 aromatic carbocycles. The first kappa shape index (κ1) is 19.4. The molecule has 4 nitrogen and oxygen atoms in total. The Labute approximate surface area is 139 Å². The zero-order chi connectivity index (χ0) is 17.2. The van der Waals surface area contributed by atoms with Crippen LogP contribution in [0.2, 0.25) is 0 Å². The molecule has 0 spiro atoms. The zero-order valence-corrected chi connectivity index (χ0v) is 14.9. The molecule has 23 heavy (non-hydrogen) atoms. The normalized spacial score (nSPS) is 13.3. The molecule has 0 saturated heterocycles. The summed E-state index contributed by atoms with van der Waals surface area (Å²) >= 11 is 0. The van der Waals surface area contributed by atoms with E-state index in [0.29, 0.717) is 24.1 Å². The minimum Gasteiger partial charge on any atom is -0.380 e. The fourth-order valence-corrected chi connectivity index (χ4v) is 2.27. The summed E-state index contributed by atoms with van der Waals surface area (Å²) in [7, 11) is 3.32. The molecule has 0 heterocycles. The average Bonchev–Trinajstić information content (AvgIpc) is 2.52. The van der Waals surface area contributed by atoms with Gasteiger partial charge in [-0.3, -0.25) is 4.99 Å². The highest BCUT2D eigenvalue weighted by molar-refractivity contribution is 5.79. The molecule has 0 aliphatic carbocycles. The van der Waals surface area contributed by atoms with E-state index in [9.17, 15) is 4.39 Å². The Kier molecular flexibility index (Phi) is 8.62. The molecule has 1 aromatic rings. The summed E-state index contributed by atoms with van der Waals surface area (Å²) in [5.41, 5.74) is 1.57. The van der Waals surface area contributed by atoms with Gasteiger partial charge < -0.3 is 15.4 Å². The van der Waals surface area contributed by atoms with Crippen LogP contribution in [-0.2, 0) is 17.9 Å². The van der Waals surface area contributed by atoms with Gasteiger partial charge in [0.1, 0.15) is 5.82 Å². The second-order valence-corrected chi connectivity index (χ2v) is 6.30. The standard InChI is InChI=1S/C18H30FN3O/c1-13(2)6-7-14(3)22-18(20-4)21-11-15-8-9-17(19)16(10-15)12-23-5/h8-10,13-14H,6-7,11-12H2,1-5H3,(H2,20,21,22). The van der Waals surface area contributed by atoms with E-state index in [1.807, 2.05) is 6.07 Å². The van der Waals surface area contributed by atoms with Crippen LogP contribution in [0.25, 0.3) is 0 Å². The smallest absolute Gasteiger partial charge is 0.191 e. The topological polar surface area (TPSA) is 45.7 Å². The van der Waals surface area contributed by atoms with Gasteiger partial charge in [0.15, 0.2) is 5.96 Å². The third-order valence-electron chi connectivity index (χ3n) is 3.65. The Morgan fingerprint density at radius 3 is 2.61 bits per heavy atom. The summed E-state index contributed by atoms with van der Waals surface area (Å²) in [5.74, 6) is 1.23. The maximum atomic E-state index is 13.6. The van der Waals surface area contributed by atoms with Gasteiger partial charge in [-0.2, -0.15) is 0 Å². The molecular formula is C18H30FN3O. The van der Waals surface area contributed by atoms with Gasteiger partial charge in [-0.1, -0.05) is 19.9 Å². The van der Waals surface area contributed by atoms with Crippen LogP contribution in [0.5, 0.6) is 0 Å². The minimum absolute atomic E-state index is 0.236. The summed E-state index contributed by atoms with van der Waals surface area (Å²) in [4.78, 5) is 4.24. The predicted molar refractivity (Wildman–Crippen MR) is 94.0 cm³/mol. The monoisotopic (exact) mass is 323 g/mol. The van der Waals surface area contributed by atoms with Crippen molar-refractivity contribution in [1.82, 2.24) is 10.6 Å². The van der Waals surface area contributed by atoms with Gasteiger partial charge >= 0.3 is 0 Å². The van der Waals surface area contributed by atoms with E-state index in [4.69, 9.17) is 4.74 Å². The Morgan fingerprint density at radius 2 is 2.00 bits per heavy atom. The number of rotatable bonds is 8. The maximum absolute atomic E-state index is 13.6. The molecule has 2 N–H and O–H groups in total. The second kappa shape index (κ2) is 10.2. The van der Waals surface area contributed by atoms with Crippen molar-refractivity contribution in [3.63, 3.8) is 0 Å². The van der Waals surface area contributed by atoms with Gasteiger partial charge in [-0.25, -0.2) is 4.39 Å². The van der Waals surface area contributed by atoms with Crippen molar-refractivity contribution in [3.05, 3.63) is 35.1 Å². The molecule has 0 aromatic heterocycles. The first-order chi connectivity index (χ1) is 11.0. The highest BCUT2D eigenvalue weighted by atomic mass is 19.1. The summed E-state index contributed by atoms with van der Waals surface area (Å²) in [5, 5.41) is 6.65. The third kappa shape index (κ3) is 7.46. The molecule has 0 amide bonds. The predicted octanol–water partition coefficient (Wildman–Crippen LogP) is 3.46. The number of hydrogen-bond donors (Lipinski definition) is 2. The summed E-state index contributed by atoms with van der Waals surface area (Å²) in [6.07, 6.45) is 2.29. The molecular weight excluding hydrogens is 293 g/mol. The van der Waals surface area contributed by atoms with Crippen LogP contribution < -0.4 is 10.6 Å². The van der Waals surface area contributed by atoms with E-state index in [2.05, 4.69) is 36.4 Å². The number of nitrogens with one attached hydrogen (secondary N) is 2. The molecule has 1 atom stereocenters. The van der Waals surface area contributed by atoms with Gasteiger partial charge in [0, 0.05) is 32.3 Å². The lowest BCUT2D eigenvalue weighted by Crippen LogP contribution is -2.41. The first-order valence-corrected chi connectivity index (χ1v) is 8.19. The van der Waals surface area contributed by atoms with Crippen molar-refractivity contribution in [1.29, 1.82) is 0 Å². The van der Waals surface area contributed by atoms with Crippen LogP contribution in [0.3, 0.4) is 0 Å². The van der Waals surface area contributed by atoms with E-state index < -0.39 is 0 Å². The Hall–Kier alpha value is -1.62. The number of ether oxygens (including phenoxy) is 1. The summed E-state index contributed by atoms with van der Waals surface area (Å²) in [6.45, 7) is 7.48. The van der Waals surface area contributed by atoms with E-state index in [1.165, 1.54) is 12.5 Å². The van der Waals surface area contributed by atoms with Gasteiger partial charge in [-0.15, -0.1) is 0 Å². The molecule has 1 unspecified atom stereocenters. The molecule has 0 bridgehead atoms. The fraction of sp³-hybridized carbons (Fsp3) is 0.611. The van der Waals surface area contributed by atoms with Crippen molar-refractivity contribution in [2.45, 2.75) is 52.8 Å². The summed E-state index contributed by atoms with van der Waals surface area (Å²) in [6, 6.07) is 5.44. The summed E-state index contributed by atoms with van der Waals surface area (Å²) < 4.78 is 18.6. The quantitative estimate of drug-likeness (QED) is 0.569. The molecule has 130 valence electrons. The van der Waals surface area contributed by atoms with Crippen LogP contribution in [-0.4, -0.2) is 26.2 Å². The minimum atomic E-state index is -0.236. The van der Waals surface area contributed by atoms with Crippen LogP contribution in [0, 0.1) is 11.7 Å². The second-order valence-electron chi connectivity index (χ2n) is 6.30. The van der Waals surface area contributed by atoms with Crippen LogP contribution in [0.1, 0.15) is 44.7 Å². The molecule has 0 radical (unpaired) electrons. The lowest BCUT2D eigenvalue weighted by Gasteiger charge is -2.19. The van der Waals surface area contributed by atoms with Crippen LogP contribution >= 0.6 is 0 Å². The third-order valence-corrected chi connectivity index (χ3v) is 3.65. The van der Waals surface area contributed by atoms with E-state index >= 15 is 0 Å². The maximum Gasteiger partial charge on any atom is 0.191 e. The average molecular weight is 323 g/mol. The Morgan fingerprint density at radius 1 is 1.26 bits per heavy atom. The number of halogens is 1. The molecule has 1 rings (SSSR count). The zero-order valence-electron chi connectivity index (χ0n) is 14.9. The molecule has 0 aliphatic heterocycles. The van der Waals surface area contributed by atoms with Crippen molar-refractivity contribution in [2.75, 3.05) is 14.2 Å². The lowest BCUT2D eigenvalue weighted by atomic mass is 10.0. The molecule has 0 saturated carbocycles. The van der Waals surface area contributed by atoms with Gasteiger partial charge in [0.05, 0.1) is 6.61 Å². The molecule has 5 heteroatoms. The lowest BCUT2D eigenvalue weighted by molar-refractivity contribution is 0.181. The largest absolute Gasteiger partial charge is 0.380 e. The number of aliphatic imine (C=N–C) groups is 1.